The van der Waals surface area contributed by atoms with Crippen molar-refractivity contribution < 1.29 is 9.90 Å². The van der Waals surface area contributed by atoms with Gasteiger partial charge in [-0.2, -0.15) is 11.8 Å². The molecule has 1 aromatic heterocycles. The first kappa shape index (κ1) is 17.3. The average Bonchev–Trinajstić information content (AvgIpc) is 2.56. The van der Waals surface area contributed by atoms with Gasteiger partial charge in [0.1, 0.15) is 6.10 Å². The summed E-state index contributed by atoms with van der Waals surface area (Å²) in [6.45, 7) is 0.267. The van der Waals surface area contributed by atoms with Crippen LogP contribution < -0.4 is 16.4 Å². The average molecular weight is 337 g/mol. The maximum absolute atomic E-state index is 12.3. The van der Waals surface area contributed by atoms with Gasteiger partial charge in [0, 0.05) is 6.54 Å². The Morgan fingerprint density at radius 1 is 1.35 bits per heavy atom. The summed E-state index contributed by atoms with van der Waals surface area (Å²) < 4.78 is 1.17. The summed E-state index contributed by atoms with van der Waals surface area (Å²) >= 11 is 1.55. The van der Waals surface area contributed by atoms with Gasteiger partial charge in [-0.1, -0.05) is 12.1 Å². The molecule has 8 heteroatoms. The highest BCUT2D eigenvalue weighted by molar-refractivity contribution is 7.98. The Hall–Kier alpha value is -2.06. The number of nitrogens with one attached hydrogen (secondary N) is 2. The molecule has 0 saturated carbocycles. The van der Waals surface area contributed by atoms with Gasteiger partial charge in [0.25, 0.3) is 11.1 Å². The summed E-state index contributed by atoms with van der Waals surface area (Å²) in [6, 6.07) is 6.56. The summed E-state index contributed by atoms with van der Waals surface area (Å²) in [5.74, 6) is 0.210. The van der Waals surface area contributed by atoms with E-state index in [-0.39, 0.29) is 24.2 Å². The summed E-state index contributed by atoms with van der Waals surface area (Å²) in [6.07, 6.45) is 1.21. The second-order valence-electron chi connectivity index (χ2n) is 5.03. The van der Waals surface area contributed by atoms with Crippen LogP contribution in [0.4, 0.5) is 0 Å². The van der Waals surface area contributed by atoms with Crippen molar-refractivity contribution in [3.8, 4) is 0 Å². The first-order valence-electron chi connectivity index (χ1n) is 7.21. The molecule has 3 N–H and O–H groups in total. The van der Waals surface area contributed by atoms with Gasteiger partial charge in [0.2, 0.25) is 5.91 Å². The number of benzene rings is 1. The fourth-order valence-electron chi connectivity index (χ4n) is 2.17. The fourth-order valence-corrected chi connectivity index (χ4v) is 2.63. The minimum Gasteiger partial charge on any atom is -0.383 e. The SMILES string of the molecule is CSCC[C@H](O)C(=O)NCCn1[nH]c(=O)c2ccccc2c1=O. The highest BCUT2D eigenvalue weighted by atomic mass is 32.2. The van der Waals surface area contributed by atoms with Crippen LogP contribution in [0.1, 0.15) is 6.42 Å². The lowest BCUT2D eigenvalue weighted by Gasteiger charge is -2.11. The number of fused-ring (bicyclic) bond motifs is 1. The van der Waals surface area contributed by atoms with Gasteiger partial charge >= 0.3 is 0 Å². The standard InChI is InChI=1S/C15H19N3O4S/c1-23-9-6-12(19)14(21)16-7-8-18-15(22)11-5-3-2-4-10(11)13(20)17-18/h2-5,12,19H,6-9H2,1H3,(H,16,21)(H,17,20)/t12-/m0/s1. The molecule has 0 fully saturated rings. The lowest BCUT2D eigenvalue weighted by molar-refractivity contribution is -0.129. The number of aromatic amines is 1. The van der Waals surface area contributed by atoms with Crippen LogP contribution in [0.2, 0.25) is 0 Å². The molecule has 1 amide bonds. The highest BCUT2D eigenvalue weighted by Gasteiger charge is 2.14. The van der Waals surface area contributed by atoms with Gasteiger partial charge in [0.05, 0.1) is 17.3 Å². The Bertz CT molecular complexity index is 799. The molecular weight excluding hydrogens is 318 g/mol. The van der Waals surface area contributed by atoms with Crippen molar-refractivity contribution in [3.05, 3.63) is 45.0 Å². The van der Waals surface area contributed by atoms with E-state index in [0.29, 0.717) is 22.9 Å². The maximum atomic E-state index is 12.3. The number of carbonyl (C=O) groups is 1. The summed E-state index contributed by atoms with van der Waals surface area (Å²) in [4.78, 5) is 35.9. The van der Waals surface area contributed by atoms with Gasteiger partial charge in [-0.3, -0.25) is 19.5 Å². The van der Waals surface area contributed by atoms with Crippen LogP contribution in [0, 0.1) is 0 Å². The number of thioether (sulfide) groups is 1. The molecule has 0 unspecified atom stereocenters. The molecule has 1 atom stereocenters. The molecule has 0 saturated heterocycles. The zero-order valence-corrected chi connectivity index (χ0v) is 13.6. The normalized spacial score (nSPS) is 12.3. The number of hydrogen-bond acceptors (Lipinski definition) is 5. The lowest BCUT2D eigenvalue weighted by Crippen LogP contribution is -2.39. The number of nitrogens with zero attached hydrogens (tertiary/aromatic N) is 1. The van der Waals surface area contributed by atoms with E-state index in [4.69, 9.17) is 0 Å². The molecular formula is C15H19N3O4S. The predicted octanol–water partition coefficient (Wildman–Crippen LogP) is -0.0800. The van der Waals surface area contributed by atoms with Crippen LogP contribution in [0.5, 0.6) is 0 Å². The molecule has 0 aliphatic carbocycles. The van der Waals surface area contributed by atoms with Gasteiger partial charge < -0.3 is 10.4 Å². The minimum atomic E-state index is -1.06. The largest absolute Gasteiger partial charge is 0.383 e. The number of amides is 1. The molecule has 2 aromatic rings. The van der Waals surface area contributed by atoms with Crippen molar-refractivity contribution in [2.75, 3.05) is 18.6 Å². The molecule has 0 spiro atoms. The number of H-pyrrole nitrogens is 1. The number of aromatic nitrogens is 2. The van der Waals surface area contributed by atoms with Crippen LogP contribution >= 0.6 is 11.8 Å². The van der Waals surface area contributed by atoms with E-state index in [1.165, 1.54) is 4.68 Å². The van der Waals surface area contributed by atoms with Crippen molar-refractivity contribution in [1.29, 1.82) is 0 Å². The van der Waals surface area contributed by atoms with E-state index in [1.807, 2.05) is 6.26 Å². The smallest absolute Gasteiger partial charge is 0.273 e. The summed E-state index contributed by atoms with van der Waals surface area (Å²) in [5, 5.41) is 15.4. The number of aliphatic hydroxyl groups excluding tert-OH is 1. The quantitative estimate of drug-likeness (QED) is 0.655. The Morgan fingerprint density at radius 3 is 2.74 bits per heavy atom. The number of carbonyl (C=O) groups excluding carboxylic acids is 1. The van der Waals surface area contributed by atoms with Gasteiger partial charge in [-0.25, -0.2) is 4.68 Å². The maximum Gasteiger partial charge on any atom is 0.273 e. The number of rotatable bonds is 7. The fraction of sp³-hybridized carbons (Fsp3) is 0.400. The highest BCUT2D eigenvalue weighted by Crippen LogP contribution is 2.02. The zero-order valence-electron chi connectivity index (χ0n) is 12.7. The van der Waals surface area contributed by atoms with Crippen LogP contribution in [-0.4, -0.2) is 45.5 Å². The second-order valence-corrected chi connectivity index (χ2v) is 6.02. The van der Waals surface area contributed by atoms with Crippen molar-refractivity contribution in [2.24, 2.45) is 0 Å². The molecule has 0 aliphatic rings. The monoisotopic (exact) mass is 337 g/mol. The Balaban J connectivity index is 2.03. The molecule has 0 bridgehead atoms. The van der Waals surface area contributed by atoms with Crippen molar-refractivity contribution in [1.82, 2.24) is 15.1 Å². The minimum absolute atomic E-state index is 0.125. The molecule has 1 aromatic carbocycles. The molecule has 2 rings (SSSR count). The van der Waals surface area contributed by atoms with E-state index in [9.17, 15) is 19.5 Å². The Morgan fingerprint density at radius 2 is 2.04 bits per heavy atom. The van der Waals surface area contributed by atoms with Crippen molar-refractivity contribution >= 4 is 28.4 Å². The van der Waals surface area contributed by atoms with Crippen molar-refractivity contribution in [3.63, 3.8) is 0 Å². The molecule has 1 heterocycles. The predicted molar refractivity (Wildman–Crippen MR) is 90.8 cm³/mol. The first-order chi connectivity index (χ1) is 11.0. The van der Waals surface area contributed by atoms with E-state index in [2.05, 4.69) is 10.4 Å². The van der Waals surface area contributed by atoms with Crippen LogP contribution in [0.25, 0.3) is 10.8 Å². The third-order valence-corrected chi connectivity index (χ3v) is 4.06. The second kappa shape index (κ2) is 7.98. The van der Waals surface area contributed by atoms with E-state index < -0.39 is 12.0 Å². The molecule has 7 nitrogen and oxygen atoms in total. The number of aliphatic hydroxyl groups is 1. The van der Waals surface area contributed by atoms with E-state index in [0.717, 1.165) is 0 Å². The van der Waals surface area contributed by atoms with Crippen LogP contribution in [0.3, 0.4) is 0 Å². The third kappa shape index (κ3) is 4.23. The van der Waals surface area contributed by atoms with E-state index >= 15 is 0 Å². The molecule has 23 heavy (non-hydrogen) atoms. The Labute approximate surface area is 136 Å². The number of hydrogen-bond donors (Lipinski definition) is 3. The van der Waals surface area contributed by atoms with Gasteiger partial charge in [0.15, 0.2) is 0 Å². The Kier molecular flexibility index (Phi) is 6.00. The van der Waals surface area contributed by atoms with Crippen LogP contribution in [0.15, 0.2) is 33.9 Å². The molecule has 0 aliphatic heterocycles. The van der Waals surface area contributed by atoms with Gasteiger partial charge in [-0.05, 0) is 30.6 Å². The summed E-state index contributed by atoms with van der Waals surface area (Å²) in [5.41, 5.74) is -0.677. The summed E-state index contributed by atoms with van der Waals surface area (Å²) in [7, 11) is 0. The topological polar surface area (TPSA) is 104 Å². The molecule has 0 radical (unpaired) electrons. The van der Waals surface area contributed by atoms with Gasteiger partial charge in [-0.15, -0.1) is 0 Å². The lowest BCUT2D eigenvalue weighted by atomic mass is 10.2. The third-order valence-electron chi connectivity index (χ3n) is 3.42. The molecule has 124 valence electrons. The zero-order chi connectivity index (χ0) is 16.8. The van der Waals surface area contributed by atoms with E-state index in [1.54, 1.807) is 36.0 Å². The van der Waals surface area contributed by atoms with Crippen LogP contribution in [-0.2, 0) is 11.3 Å². The first-order valence-corrected chi connectivity index (χ1v) is 8.60. The van der Waals surface area contributed by atoms with Crippen molar-refractivity contribution in [2.45, 2.75) is 19.1 Å².